The molecule has 26 heavy (non-hydrogen) atoms. The average Bonchev–Trinajstić information content (AvgIpc) is 3.05. The number of rotatable bonds is 9. The lowest BCUT2D eigenvalue weighted by Gasteiger charge is -2.09. The van der Waals surface area contributed by atoms with Gasteiger partial charge in [-0.05, 0) is 30.4 Å². The SMILES string of the molecule is CSc1cc(C(=O)CSc2nnc(NCC(C)C)s2)ccc1NC(C)=O. The molecule has 9 heteroatoms. The predicted octanol–water partition coefficient (Wildman–Crippen LogP) is 4.26. The number of aromatic nitrogens is 2. The van der Waals surface area contributed by atoms with Crippen LogP contribution in [0.5, 0.6) is 0 Å². The van der Waals surface area contributed by atoms with Gasteiger partial charge in [-0.25, -0.2) is 0 Å². The van der Waals surface area contributed by atoms with Crippen LogP contribution >= 0.6 is 34.9 Å². The molecule has 0 atom stereocenters. The van der Waals surface area contributed by atoms with E-state index in [-0.39, 0.29) is 11.7 Å². The number of nitrogens with zero attached hydrogens (tertiary/aromatic N) is 2. The molecule has 0 aliphatic heterocycles. The first kappa shape index (κ1) is 20.7. The van der Waals surface area contributed by atoms with Gasteiger partial charge in [0.2, 0.25) is 11.0 Å². The largest absolute Gasteiger partial charge is 0.360 e. The second-order valence-corrected chi connectivity index (χ2v) is 9.00. The van der Waals surface area contributed by atoms with Crippen LogP contribution in [-0.2, 0) is 4.79 Å². The van der Waals surface area contributed by atoms with Gasteiger partial charge < -0.3 is 10.6 Å². The van der Waals surface area contributed by atoms with Crippen molar-refractivity contribution in [2.45, 2.75) is 30.0 Å². The minimum absolute atomic E-state index is 0.0200. The number of carbonyl (C=O) groups excluding carboxylic acids is 2. The molecule has 1 heterocycles. The fourth-order valence-corrected chi connectivity index (χ4v) is 4.24. The normalized spacial score (nSPS) is 10.8. The maximum atomic E-state index is 12.5. The van der Waals surface area contributed by atoms with Gasteiger partial charge in [0.15, 0.2) is 10.1 Å². The summed E-state index contributed by atoms with van der Waals surface area (Å²) < 4.78 is 0.768. The molecule has 0 aliphatic rings. The van der Waals surface area contributed by atoms with Crippen LogP contribution < -0.4 is 10.6 Å². The van der Waals surface area contributed by atoms with Gasteiger partial charge in [0.1, 0.15) is 0 Å². The fourth-order valence-electron chi connectivity index (χ4n) is 2.00. The van der Waals surface area contributed by atoms with Gasteiger partial charge in [-0.3, -0.25) is 9.59 Å². The van der Waals surface area contributed by atoms with E-state index in [1.165, 1.54) is 41.8 Å². The van der Waals surface area contributed by atoms with Crippen molar-refractivity contribution in [3.8, 4) is 0 Å². The molecule has 0 bridgehead atoms. The summed E-state index contributed by atoms with van der Waals surface area (Å²) in [6.45, 7) is 6.56. The molecule has 2 N–H and O–H groups in total. The third kappa shape index (κ3) is 6.30. The number of amides is 1. The smallest absolute Gasteiger partial charge is 0.221 e. The first-order chi connectivity index (χ1) is 12.4. The Morgan fingerprint density at radius 3 is 2.69 bits per heavy atom. The Balaban J connectivity index is 1.96. The number of carbonyl (C=O) groups is 2. The quantitative estimate of drug-likeness (QED) is 0.472. The lowest BCUT2D eigenvalue weighted by atomic mass is 10.1. The van der Waals surface area contributed by atoms with Gasteiger partial charge in [-0.1, -0.05) is 36.9 Å². The van der Waals surface area contributed by atoms with Crippen molar-refractivity contribution in [1.29, 1.82) is 0 Å². The van der Waals surface area contributed by atoms with Crippen LogP contribution in [0.4, 0.5) is 10.8 Å². The number of anilines is 2. The highest BCUT2D eigenvalue weighted by Gasteiger charge is 2.13. The Labute approximate surface area is 165 Å². The molecular weight excluding hydrogens is 388 g/mol. The van der Waals surface area contributed by atoms with E-state index in [4.69, 9.17) is 0 Å². The first-order valence-electron chi connectivity index (χ1n) is 8.08. The maximum Gasteiger partial charge on any atom is 0.221 e. The van der Waals surface area contributed by atoms with E-state index >= 15 is 0 Å². The highest BCUT2D eigenvalue weighted by atomic mass is 32.2. The number of benzene rings is 1. The zero-order valence-electron chi connectivity index (χ0n) is 15.2. The molecule has 0 spiro atoms. The topological polar surface area (TPSA) is 84.0 Å². The molecule has 0 saturated heterocycles. The van der Waals surface area contributed by atoms with E-state index in [1.54, 1.807) is 12.1 Å². The van der Waals surface area contributed by atoms with Crippen molar-refractivity contribution < 1.29 is 9.59 Å². The standard InChI is InChI=1S/C17H22N4O2S3/c1-10(2)8-18-16-20-21-17(26-16)25-9-14(23)12-5-6-13(19-11(3)22)15(7-12)24-4/h5-7,10H,8-9H2,1-4H3,(H,18,20)(H,19,22). The molecule has 2 aromatic rings. The number of hydrogen-bond donors (Lipinski definition) is 2. The lowest BCUT2D eigenvalue weighted by Crippen LogP contribution is -2.08. The van der Waals surface area contributed by atoms with Crippen molar-refractivity contribution in [2.75, 3.05) is 29.2 Å². The zero-order valence-corrected chi connectivity index (χ0v) is 17.6. The zero-order chi connectivity index (χ0) is 19.1. The predicted molar refractivity (Wildman–Crippen MR) is 111 cm³/mol. The Hall–Kier alpha value is -1.58. The molecule has 6 nitrogen and oxygen atoms in total. The van der Waals surface area contributed by atoms with E-state index in [0.29, 0.717) is 17.2 Å². The van der Waals surface area contributed by atoms with Crippen molar-refractivity contribution in [3.05, 3.63) is 23.8 Å². The van der Waals surface area contributed by atoms with Gasteiger partial charge >= 0.3 is 0 Å². The van der Waals surface area contributed by atoms with E-state index in [9.17, 15) is 9.59 Å². The van der Waals surface area contributed by atoms with E-state index < -0.39 is 0 Å². The summed E-state index contributed by atoms with van der Waals surface area (Å²) in [6.07, 6.45) is 1.91. The number of ketones is 1. The molecule has 0 fully saturated rings. The summed E-state index contributed by atoms with van der Waals surface area (Å²) in [6, 6.07) is 5.32. The Morgan fingerprint density at radius 1 is 1.27 bits per heavy atom. The molecule has 140 valence electrons. The third-order valence-corrected chi connectivity index (χ3v) is 6.02. The van der Waals surface area contributed by atoms with Crippen LogP contribution in [0, 0.1) is 5.92 Å². The Kier molecular flexibility index (Phi) is 7.92. The number of nitrogens with one attached hydrogen (secondary N) is 2. The average molecular weight is 411 g/mol. The minimum Gasteiger partial charge on any atom is -0.360 e. The van der Waals surface area contributed by atoms with E-state index in [0.717, 1.165) is 26.6 Å². The second kappa shape index (κ2) is 9.94. The summed E-state index contributed by atoms with van der Waals surface area (Å²) in [7, 11) is 0. The number of thioether (sulfide) groups is 2. The molecule has 2 rings (SSSR count). The fraction of sp³-hybridized carbons (Fsp3) is 0.412. The van der Waals surface area contributed by atoms with Gasteiger partial charge in [-0.2, -0.15) is 0 Å². The van der Waals surface area contributed by atoms with Crippen LogP contribution in [-0.4, -0.2) is 40.4 Å². The Morgan fingerprint density at radius 2 is 2.04 bits per heavy atom. The summed E-state index contributed by atoms with van der Waals surface area (Å²) in [5.74, 6) is 0.717. The van der Waals surface area contributed by atoms with Crippen molar-refractivity contribution >= 4 is 57.4 Å². The number of Topliss-reactive ketones (excluding diaryl/α,β-unsaturated/α-hetero) is 1. The van der Waals surface area contributed by atoms with Gasteiger partial charge in [0.25, 0.3) is 0 Å². The van der Waals surface area contributed by atoms with Crippen LogP contribution in [0.3, 0.4) is 0 Å². The lowest BCUT2D eigenvalue weighted by molar-refractivity contribution is -0.114. The first-order valence-corrected chi connectivity index (χ1v) is 11.1. The molecule has 1 aromatic carbocycles. The summed E-state index contributed by atoms with van der Waals surface area (Å²) >= 11 is 4.33. The van der Waals surface area contributed by atoms with Gasteiger partial charge in [0, 0.05) is 23.9 Å². The third-order valence-electron chi connectivity index (χ3n) is 3.23. The molecule has 0 radical (unpaired) electrons. The minimum atomic E-state index is -0.131. The molecule has 0 aliphatic carbocycles. The van der Waals surface area contributed by atoms with Crippen molar-refractivity contribution in [3.63, 3.8) is 0 Å². The van der Waals surface area contributed by atoms with Crippen LogP contribution in [0.2, 0.25) is 0 Å². The number of hydrogen-bond acceptors (Lipinski definition) is 8. The van der Waals surface area contributed by atoms with E-state index in [2.05, 4.69) is 34.7 Å². The molecular formula is C17H22N4O2S3. The molecule has 1 amide bonds. The van der Waals surface area contributed by atoms with Crippen LogP contribution in [0.15, 0.2) is 27.4 Å². The van der Waals surface area contributed by atoms with Crippen LogP contribution in [0.1, 0.15) is 31.1 Å². The summed E-state index contributed by atoms with van der Waals surface area (Å²) in [5, 5.41) is 15.0. The Bertz CT molecular complexity index is 777. The molecule has 0 saturated carbocycles. The molecule has 1 aromatic heterocycles. The van der Waals surface area contributed by atoms with E-state index in [1.807, 2.05) is 12.3 Å². The summed E-state index contributed by atoms with van der Waals surface area (Å²) in [5.41, 5.74) is 1.35. The maximum absolute atomic E-state index is 12.5. The van der Waals surface area contributed by atoms with Crippen molar-refractivity contribution in [1.82, 2.24) is 10.2 Å². The molecule has 0 unspecified atom stereocenters. The van der Waals surface area contributed by atoms with Crippen molar-refractivity contribution in [2.24, 2.45) is 5.92 Å². The van der Waals surface area contributed by atoms with Gasteiger partial charge in [0.05, 0.1) is 11.4 Å². The highest BCUT2D eigenvalue weighted by molar-refractivity contribution is 8.01. The monoisotopic (exact) mass is 410 g/mol. The second-order valence-electron chi connectivity index (χ2n) is 5.96. The van der Waals surface area contributed by atoms with Crippen LogP contribution in [0.25, 0.3) is 0 Å². The highest BCUT2D eigenvalue weighted by Crippen LogP contribution is 2.29. The van der Waals surface area contributed by atoms with Gasteiger partial charge in [-0.15, -0.1) is 22.0 Å². The summed E-state index contributed by atoms with van der Waals surface area (Å²) in [4.78, 5) is 24.6.